The lowest BCUT2D eigenvalue weighted by molar-refractivity contribution is -0.159. The lowest BCUT2D eigenvalue weighted by Gasteiger charge is -2.52. The number of rotatable bonds is 3. The van der Waals surface area contributed by atoms with E-state index in [1.807, 2.05) is 0 Å². The molecule has 0 bridgehead atoms. The molecule has 0 fully saturated rings. The number of aliphatic hydroxyl groups excluding tert-OH is 3. The van der Waals surface area contributed by atoms with Gasteiger partial charge < -0.3 is 31.3 Å². The lowest BCUT2D eigenvalue weighted by Crippen LogP contribution is -2.68. The highest BCUT2D eigenvalue weighted by Gasteiger charge is 2.67. The number of carbonyl (C=O) groups is 3. The minimum absolute atomic E-state index is 0.218. The molecule has 5 atom stereocenters. The number of fused-ring (bicyclic) bond motifs is 3. The van der Waals surface area contributed by atoms with Gasteiger partial charge in [0.15, 0.2) is 11.4 Å². The Hall–Kier alpha value is -3.67. The van der Waals surface area contributed by atoms with Crippen LogP contribution in [0.1, 0.15) is 21.5 Å². The molecule has 1 amide bonds. The van der Waals surface area contributed by atoms with Crippen molar-refractivity contribution in [2.75, 3.05) is 14.1 Å². The Bertz CT molecular complexity index is 1610. The van der Waals surface area contributed by atoms with Crippen LogP contribution in [0.2, 0.25) is 10.0 Å². The van der Waals surface area contributed by atoms with Crippen LogP contribution >= 0.6 is 23.2 Å². The van der Waals surface area contributed by atoms with E-state index in [1.54, 1.807) is 12.1 Å². The average molecular weight is 587 g/mol. The molecule has 208 valence electrons. The van der Waals surface area contributed by atoms with E-state index in [4.69, 9.17) is 28.9 Å². The summed E-state index contributed by atoms with van der Waals surface area (Å²) in [4.78, 5) is 40.8. The number of aromatic hydroxyl groups is 1. The molecule has 12 heteroatoms. The molecule has 2 aromatic rings. The van der Waals surface area contributed by atoms with Crippen LogP contribution in [0.3, 0.4) is 0 Å². The number of nitrogens with zero attached hydrogens (tertiary/aromatic N) is 1. The molecule has 0 radical (unpaired) electrons. The van der Waals surface area contributed by atoms with E-state index in [-0.39, 0.29) is 26.7 Å². The normalized spacial score (nSPS) is 29.0. The molecule has 0 saturated heterocycles. The Kier molecular flexibility index (Phi) is 6.60. The van der Waals surface area contributed by atoms with Crippen molar-refractivity contribution in [3.8, 4) is 5.75 Å². The number of phenolic OH excluding ortho intramolecular Hbond substituents is 1. The number of primary amides is 1. The summed E-state index contributed by atoms with van der Waals surface area (Å²) >= 11 is 12.3. The average Bonchev–Trinajstić information content (AvgIpc) is 2.87. The van der Waals surface area contributed by atoms with Gasteiger partial charge in [0.25, 0.3) is 5.91 Å². The first-order valence-corrected chi connectivity index (χ1v) is 12.8. The Balaban J connectivity index is 1.87. The highest BCUT2D eigenvalue weighted by atomic mass is 35.5. The molecule has 7 N–H and O–H groups in total. The van der Waals surface area contributed by atoms with Gasteiger partial charge in [0.1, 0.15) is 22.8 Å². The predicted octanol–water partition coefficient (Wildman–Crippen LogP) is 2.40. The minimum atomic E-state index is -3.01. The minimum Gasteiger partial charge on any atom is -0.510 e. The van der Waals surface area contributed by atoms with Crippen LogP contribution in [0.4, 0.5) is 0 Å². The summed E-state index contributed by atoms with van der Waals surface area (Å²) in [5.41, 5.74) is 1.54. The zero-order chi connectivity index (χ0) is 29.4. The summed E-state index contributed by atoms with van der Waals surface area (Å²) in [5.74, 6) is -9.13. The fourth-order valence-electron chi connectivity index (χ4n) is 6.10. The lowest BCUT2D eigenvalue weighted by atomic mass is 9.56. The maximum Gasteiger partial charge on any atom is 0.255 e. The van der Waals surface area contributed by atoms with E-state index in [2.05, 4.69) is 0 Å². The van der Waals surface area contributed by atoms with Crippen LogP contribution in [-0.2, 0) is 9.59 Å². The van der Waals surface area contributed by atoms with Crippen LogP contribution in [0.25, 0.3) is 11.6 Å². The summed E-state index contributed by atoms with van der Waals surface area (Å²) in [6.45, 7) is 0. The van der Waals surface area contributed by atoms with Crippen LogP contribution in [-0.4, -0.2) is 79.7 Å². The summed E-state index contributed by atoms with van der Waals surface area (Å²) in [6.07, 6.45) is -0.213. The van der Waals surface area contributed by atoms with Crippen molar-refractivity contribution in [3.05, 3.63) is 85.8 Å². The first kappa shape index (κ1) is 27.9. The van der Waals surface area contributed by atoms with E-state index in [0.717, 1.165) is 0 Å². The fraction of sp³-hybridized carbons (Fsp3) is 0.250. The SMILES string of the molecule is CN(C)C1C(O)=C(C(N)=O)C(=O)C2(O)C(O)=C3C(=O)c4c(O)cccc4/C(=C\c4ccc(Cl)c(Cl)c4)C3C(O)C12. The number of aliphatic hydroxyl groups is 4. The number of Topliss-reactive ketones (excluding diaryl/α,β-unsaturated/α-hetero) is 2. The van der Waals surface area contributed by atoms with Crippen molar-refractivity contribution < 1.29 is 39.9 Å². The number of benzene rings is 2. The van der Waals surface area contributed by atoms with Crippen molar-refractivity contribution in [2.45, 2.75) is 17.7 Å². The number of ketones is 2. The molecule has 5 unspecified atom stereocenters. The summed E-state index contributed by atoms with van der Waals surface area (Å²) in [7, 11) is 2.93. The van der Waals surface area contributed by atoms with Gasteiger partial charge in [-0.3, -0.25) is 19.3 Å². The van der Waals surface area contributed by atoms with Gasteiger partial charge in [0.2, 0.25) is 5.78 Å². The van der Waals surface area contributed by atoms with Gasteiger partial charge in [-0.05, 0) is 49.0 Å². The van der Waals surface area contributed by atoms with Gasteiger partial charge in [-0.1, -0.05) is 47.5 Å². The van der Waals surface area contributed by atoms with Gasteiger partial charge >= 0.3 is 0 Å². The van der Waals surface area contributed by atoms with Gasteiger partial charge in [-0.25, -0.2) is 0 Å². The molecule has 0 saturated carbocycles. The van der Waals surface area contributed by atoms with Gasteiger partial charge in [0.05, 0.1) is 39.2 Å². The Morgan fingerprint density at radius 2 is 1.75 bits per heavy atom. The van der Waals surface area contributed by atoms with E-state index < -0.39 is 75.5 Å². The number of hydrogen-bond acceptors (Lipinski definition) is 9. The quantitative estimate of drug-likeness (QED) is 0.294. The number of halogens is 2. The highest BCUT2D eigenvalue weighted by molar-refractivity contribution is 6.42. The van der Waals surface area contributed by atoms with Crippen LogP contribution < -0.4 is 5.73 Å². The molecule has 3 aliphatic rings. The van der Waals surface area contributed by atoms with E-state index >= 15 is 0 Å². The summed E-state index contributed by atoms with van der Waals surface area (Å²) in [6, 6.07) is 7.59. The van der Waals surface area contributed by atoms with Crippen molar-refractivity contribution in [2.24, 2.45) is 17.6 Å². The molecule has 40 heavy (non-hydrogen) atoms. The maximum absolute atomic E-state index is 13.8. The van der Waals surface area contributed by atoms with Gasteiger partial charge in [-0.2, -0.15) is 0 Å². The molecule has 5 rings (SSSR count). The molecule has 10 nitrogen and oxygen atoms in total. The molecule has 0 spiro atoms. The van der Waals surface area contributed by atoms with Crippen molar-refractivity contribution in [1.82, 2.24) is 4.90 Å². The number of carbonyl (C=O) groups excluding carboxylic acids is 3. The first-order valence-electron chi connectivity index (χ1n) is 12.0. The smallest absolute Gasteiger partial charge is 0.255 e. The van der Waals surface area contributed by atoms with Crippen molar-refractivity contribution >= 4 is 52.3 Å². The maximum atomic E-state index is 13.8. The molecular weight excluding hydrogens is 563 g/mol. The van der Waals surface area contributed by atoms with Crippen molar-refractivity contribution in [3.63, 3.8) is 0 Å². The Labute approximate surface area is 237 Å². The second-order valence-electron chi connectivity index (χ2n) is 10.2. The largest absolute Gasteiger partial charge is 0.510 e. The third kappa shape index (κ3) is 3.71. The van der Waals surface area contributed by atoms with E-state index in [1.165, 1.54) is 49.3 Å². The van der Waals surface area contributed by atoms with E-state index in [0.29, 0.717) is 5.56 Å². The molecule has 0 aromatic heterocycles. The van der Waals surface area contributed by atoms with E-state index in [9.17, 15) is 39.9 Å². The highest BCUT2D eigenvalue weighted by Crippen LogP contribution is 2.55. The van der Waals surface area contributed by atoms with Crippen LogP contribution in [0.5, 0.6) is 5.75 Å². The molecular formula is C28H24Cl2N2O8. The first-order chi connectivity index (χ1) is 18.7. The second kappa shape index (κ2) is 9.46. The third-order valence-electron chi connectivity index (χ3n) is 7.80. The van der Waals surface area contributed by atoms with Gasteiger partial charge in [-0.15, -0.1) is 0 Å². The number of amides is 1. The topological polar surface area (TPSA) is 182 Å². The summed E-state index contributed by atoms with van der Waals surface area (Å²) < 4.78 is 0. The Morgan fingerprint density at radius 1 is 1.07 bits per heavy atom. The van der Waals surface area contributed by atoms with Crippen LogP contribution in [0.15, 0.2) is 59.1 Å². The molecule has 0 heterocycles. The number of phenols is 1. The number of likely N-dealkylation sites (N-methyl/N-ethyl adjacent to an activating group) is 1. The summed E-state index contributed by atoms with van der Waals surface area (Å²) in [5, 5.41) is 57.3. The zero-order valence-electron chi connectivity index (χ0n) is 21.1. The van der Waals surface area contributed by atoms with Crippen molar-refractivity contribution in [1.29, 1.82) is 0 Å². The Morgan fingerprint density at radius 3 is 2.35 bits per heavy atom. The third-order valence-corrected chi connectivity index (χ3v) is 8.54. The molecule has 0 aliphatic heterocycles. The predicted molar refractivity (Wildman–Crippen MR) is 146 cm³/mol. The number of nitrogens with two attached hydrogens (primary N) is 1. The monoisotopic (exact) mass is 586 g/mol. The fourth-order valence-corrected chi connectivity index (χ4v) is 6.40. The molecule has 2 aromatic carbocycles. The zero-order valence-corrected chi connectivity index (χ0v) is 22.6. The molecule has 3 aliphatic carbocycles. The number of hydrogen-bond donors (Lipinski definition) is 6. The van der Waals surface area contributed by atoms with Crippen LogP contribution in [0, 0.1) is 11.8 Å². The second-order valence-corrected chi connectivity index (χ2v) is 11.0. The van der Waals surface area contributed by atoms with Gasteiger partial charge in [0, 0.05) is 5.92 Å². The standard InChI is InChI=1S/C28H24Cl2N2O8/c1-32(2)21-20-23(35)17-12(8-10-6-7-13(29)14(30)9-10)11-4-3-5-15(33)16(11)22(34)18(17)25(37)28(20,40)26(38)19(24(21)36)27(31)39/h3-9,17,20-21,23,33,35-37,40H,1-2H3,(H2,31,39)/b12-8+.